The lowest BCUT2D eigenvalue weighted by Gasteiger charge is -2.07. The molecule has 1 aromatic heterocycles. The van der Waals surface area contributed by atoms with Gasteiger partial charge in [0, 0.05) is 18.7 Å². The minimum Gasteiger partial charge on any atom is -0.469 e. The van der Waals surface area contributed by atoms with Crippen LogP contribution in [0.3, 0.4) is 0 Å². The predicted octanol–water partition coefficient (Wildman–Crippen LogP) is 3.02. The van der Waals surface area contributed by atoms with Crippen LogP contribution in [-0.2, 0) is 12.8 Å². The second kappa shape index (κ2) is 6.91. The number of anilines is 1. The predicted molar refractivity (Wildman–Crippen MR) is 77.9 cm³/mol. The number of hydrogen-bond acceptors (Lipinski definition) is 3. The fourth-order valence-electron chi connectivity index (χ4n) is 2.10. The Morgan fingerprint density at radius 1 is 1.35 bits per heavy atom. The Hall–Kier alpha value is -2.07. The summed E-state index contributed by atoms with van der Waals surface area (Å²) >= 11 is 0. The van der Waals surface area contributed by atoms with E-state index >= 15 is 0 Å². The average Bonchev–Trinajstić information content (AvgIpc) is 2.94. The van der Waals surface area contributed by atoms with Crippen molar-refractivity contribution >= 4 is 11.6 Å². The third kappa shape index (κ3) is 3.48. The van der Waals surface area contributed by atoms with E-state index < -0.39 is 0 Å². The van der Waals surface area contributed by atoms with E-state index in [1.807, 2.05) is 31.2 Å². The topological polar surface area (TPSA) is 62.5 Å². The SMILES string of the molecule is CCc1occc1C(=O)Nc1cccc(CCCO)c1. The summed E-state index contributed by atoms with van der Waals surface area (Å²) in [4.78, 5) is 12.2. The van der Waals surface area contributed by atoms with Gasteiger partial charge in [0.2, 0.25) is 0 Å². The van der Waals surface area contributed by atoms with Crippen molar-refractivity contribution in [2.24, 2.45) is 0 Å². The van der Waals surface area contributed by atoms with Gasteiger partial charge in [-0.1, -0.05) is 19.1 Å². The monoisotopic (exact) mass is 273 g/mol. The summed E-state index contributed by atoms with van der Waals surface area (Å²) in [5.74, 6) is 0.536. The second-order valence-corrected chi connectivity index (χ2v) is 4.59. The van der Waals surface area contributed by atoms with Crippen LogP contribution in [0.15, 0.2) is 41.0 Å². The molecule has 0 aliphatic rings. The summed E-state index contributed by atoms with van der Waals surface area (Å²) in [6.07, 6.45) is 3.74. The smallest absolute Gasteiger partial charge is 0.259 e. The van der Waals surface area contributed by atoms with Gasteiger partial charge < -0.3 is 14.8 Å². The highest BCUT2D eigenvalue weighted by atomic mass is 16.3. The number of rotatable bonds is 6. The first-order valence-electron chi connectivity index (χ1n) is 6.82. The molecule has 0 fully saturated rings. The maximum Gasteiger partial charge on any atom is 0.259 e. The number of amides is 1. The number of aliphatic hydroxyl groups is 1. The summed E-state index contributed by atoms with van der Waals surface area (Å²) in [5.41, 5.74) is 2.43. The first-order chi connectivity index (χ1) is 9.74. The van der Waals surface area contributed by atoms with Crippen LogP contribution in [-0.4, -0.2) is 17.6 Å². The highest BCUT2D eigenvalue weighted by Gasteiger charge is 2.13. The summed E-state index contributed by atoms with van der Waals surface area (Å²) in [6.45, 7) is 2.12. The minimum atomic E-state index is -0.157. The van der Waals surface area contributed by atoms with Crippen LogP contribution in [0.5, 0.6) is 0 Å². The molecule has 0 bridgehead atoms. The number of aliphatic hydroxyl groups excluding tert-OH is 1. The molecule has 4 heteroatoms. The third-order valence-electron chi connectivity index (χ3n) is 3.12. The van der Waals surface area contributed by atoms with Gasteiger partial charge in [-0.05, 0) is 36.6 Å². The summed E-state index contributed by atoms with van der Waals surface area (Å²) < 4.78 is 5.26. The summed E-state index contributed by atoms with van der Waals surface area (Å²) in [6, 6.07) is 9.36. The van der Waals surface area contributed by atoms with Gasteiger partial charge in [-0.3, -0.25) is 4.79 Å². The highest BCUT2D eigenvalue weighted by molar-refractivity contribution is 6.04. The fourth-order valence-corrected chi connectivity index (χ4v) is 2.10. The molecule has 106 valence electrons. The van der Waals surface area contributed by atoms with Crippen molar-refractivity contribution < 1.29 is 14.3 Å². The second-order valence-electron chi connectivity index (χ2n) is 4.59. The zero-order chi connectivity index (χ0) is 14.4. The first-order valence-corrected chi connectivity index (χ1v) is 6.82. The van der Waals surface area contributed by atoms with Gasteiger partial charge in [0.25, 0.3) is 5.91 Å². The van der Waals surface area contributed by atoms with Gasteiger partial charge in [-0.25, -0.2) is 0 Å². The maximum atomic E-state index is 12.2. The molecule has 1 amide bonds. The van der Waals surface area contributed by atoms with Gasteiger partial charge in [-0.15, -0.1) is 0 Å². The Bertz CT molecular complexity index is 575. The number of nitrogens with one attached hydrogen (secondary N) is 1. The van der Waals surface area contributed by atoms with Crippen molar-refractivity contribution in [3.05, 3.63) is 53.5 Å². The van der Waals surface area contributed by atoms with E-state index in [-0.39, 0.29) is 12.5 Å². The van der Waals surface area contributed by atoms with E-state index in [1.165, 1.54) is 6.26 Å². The molecule has 1 heterocycles. The maximum absolute atomic E-state index is 12.2. The third-order valence-corrected chi connectivity index (χ3v) is 3.12. The van der Waals surface area contributed by atoms with E-state index in [9.17, 15) is 4.79 Å². The molecular weight excluding hydrogens is 254 g/mol. The molecule has 4 nitrogen and oxygen atoms in total. The number of aryl methyl sites for hydroxylation is 2. The lowest BCUT2D eigenvalue weighted by molar-refractivity contribution is 0.102. The molecule has 1 aromatic carbocycles. The number of carbonyl (C=O) groups is 1. The number of benzene rings is 1. The molecule has 0 unspecified atom stereocenters. The standard InChI is InChI=1S/C16H19NO3/c1-2-15-14(8-10-20-15)16(19)17-13-7-3-5-12(11-13)6-4-9-18/h3,5,7-8,10-11,18H,2,4,6,9H2,1H3,(H,17,19). The lowest BCUT2D eigenvalue weighted by atomic mass is 10.1. The van der Waals surface area contributed by atoms with Crippen LogP contribution in [0, 0.1) is 0 Å². The van der Waals surface area contributed by atoms with Gasteiger partial charge in [0.15, 0.2) is 0 Å². The zero-order valence-corrected chi connectivity index (χ0v) is 11.6. The number of furan rings is 1. The number of hydrogen-bond donors (Lipinski definition) is 2. The number of carbonyl (C=O) groups excluding carboxylic acids is 1. The van der Waals surface area contributed by atoms with Gasteiger partial charge in [-0.2, -0.15) is 0 Å². The summed E-state index contributed by atoms with van der Waals surface area (Å²) in [7, 11) is 0. The van der Waals surface area contributed by atoms with E-state index in [4.69, 9.17) is 9.52 Å². The van der Waals surface area contributed by atoms with Crippen molar-refractivity contribution in [3.8, 4) is 0 Å². The quantitative estimate of drug-likeness (QED) is 0.850. The van der Waals surface area contributed by atoms with Crippen molar-refractivity contribution in [1.82, 2.24) is 0 Å². The molecule has 2 N–H and O–H groups in total. The van der Waals surface area contributed by atoms with E-state index in [2.05, 4.69) is 5.32 Å². The largest absolute Gasteiger partial charge is 0.469 e. The molecule has 0 aliphatic heterocycles. The molecule has 2 rings (SSSR count). The van der Waals surface area contributed by atoms with Crippen molar-refractivity contribution in [1.29, 1.82) is 0 Å². The van der Waals surface area contributed by atoms with Crippen molar-refractivity contribution in [3.63, 3.8) is 0 Å². The first kappa shape index (κ1) is 14.3. The molecule has 0 saturated carbocycles. The van der Waals surface area contributed by atoms with Crippen LogP contribution in [0.25, 0.3) is 0 Å². The van der Waals surface area contributed by atoms with E-state index in [0.717, 1.165) is 24.1 Å². The van der Waals surface area contributed by atoms with Crippen LogP contribution < -0.4 is 5.32 Å². The molecule has 0 spiro atoms. The van der Waals surface area contributed by atoms with Gasteiger partial charge in [0.1, 0.15) is 5.76 Å². The average molecular weight is 273 g/mol. The molecule has 0 saturated heterocycles. The Morgan fingerprint density at radius 3 is 2.95 bits per heavy atom. The molecule has 2 aromatic rings. The lowest BCUT2D eigenvalue weighted by Crippen LogP contribution is -2.12. The Morgan fingerprint density at radius 2 is 2.20 bits per heavy atom. The van der Waals surface area contributed by atoms with Crippen LogP contribution in [0.2, 0.25) is 0 Å². The van der Waals surface area contributed by atoms with Crippen molar-refractivity contribution in [2.45, 2.75) is 26.2 Å². The molecule has 20 heavy (non-hydrogen) atoms. The van der Waals surface area contributed by atoms with Crippen LogP contribution in [0.1, 0.15) is 35.0 Å². The Balaban J connectivity index is 2.08. The fraction of sp³-hybridized carbons (Fsp3) is 0.312. The Labute approximate surface area is 118 Å². The molecule has 0 atom stereocenters. The molecular formula is C16H19NO3. The van der Waals surface area contributed by atoms with E-state index in [1.54, 1.807) is 6.07 Å². The normalized spacial score (nSPS) is 10.5. The van der Waals surface area contributed by atoms with Gasteiger partial charge in [0.05, 0.1) is 11.8 Å². The minimum absolute atomic E-state index is 0.157. The molecule has 0 radical (unpaired) electrons. The zero-order valence-electron chi connectivity index (χ0n) is 11.6. The highest BCUT2D eigenvalue weighted by Crippen LogP contribution is 2.16. The van der Waals surface area contributed by atoms with Crippen molar-refractivity contribution in [2.75, 3.05) is 11.9 Å². The summed E-state index contributed by atoms with van der Waals surface area (Å²) in [5, 5.41) is 11.7. The Kier molecular flexibility index (Phi) is 4.96. The van der Waals surface area contributed by atoms with Crippen LogP contribution >= 0.6 is 0 Å². The van der Waals surface area contributed by atoms with Gasteiger partial charge >= 0.3 is 0 Å². The molecule has 0 aliphatic carbocycles. The van der Waals surface area contributed by atoms with Crippen LogP contribution in [0.4, 0.5) is 5.69 Å². The van der Waals surface area contributed by atoms with E-state index in [0.29, 0.717) is 17.7 Å².